The summed E-state index contributed by atoms with van der Waals surface area (Å²) in [5, 5.41) is 10.9. The molecule has 0 radical (unpaired) electrons. The van der Waals surface area contributed by atoms with Crippen LogP contribution in [0.1, 0.15) is 4.88 Å². The molecule has 0 fully saturated rings. The van der Waals surface area contributed by atoms with E-state index in [9.17, 15) is 18.0 Å². The maximum Gasteiger partial charge on any atom is 0.403 e. The highest BCUT2D eigenvalue weighted by atomic mass is 35.5. The molecule has 2 N–H and O–H groups in total. The van der Waals surface area contributed by atoms with Gasteiger partial charge in [0.2, 0.25) is 0 Å². The van der Waals surface area contributed by atoms with Crippen molar-refractivity contribution in [2.75, 3.05) is 13.1 Å². The zero-order chi connectivity index (χ0) is 13.8. The second-order valence-electron chi connectivity index (χ2n) is 3.59. The molecule has 18 heavy (non-hydrogen) atoms. The summed E-state index contributed by atoms with van der Waals surface area (Å²) in [6, 6.07) is 3.49. The average molecular weight is 302 g/mol. The number of alkyl halides is 3. The summed E-state index contributed by atoms with van der Waals surface area (Å²) in [6.45, 7) is -0.353. The van der Waals surface area contributed by atoms with Crippen molar-refractivity contribution in [3.05, 3.63) is 21.3 Å². The summed E-state index contributed by atoms with van der Waals surface area (Å²) in [4.78, 5) is 11.4. The van der Waals surface area contributed by atoms with Crippen molar-refractivity contribution in [3.8, 4) is 0 Å². The number of halogens is 4. The Labute approximate surface area is 111 Å². The van der Waals surface area contributed by atoms with E-state index >= 15 is 0 Å². The van der Waals surface area contributed by atoms with Crippen LogP contribution in [0.15, 0.2) is 12.1 Å². The minimum atomic E-state index is -4.73. The minimum Gasteiger partial charge on any atom is -0.481 e. The maximum absolute atomic E-state index is 12.3. The summed E-state index contributed by atoms with van der Waals surface area (Å²) < 4.78 is 37.5. The van der Waals surface area contributed by atoms with Crippen LogP contribution in [0.3, 0.4) is 0 Å². The number of aliphatic carboxylic acids is 1. The molecule has 1 heterocycles. The normalized spacial score (nSPS) is 13.6. The van der Waals surface area contributed by atoms with Gasteiger partial charge in [-0.05, 0) is 25.1 Å². The van der Waals surface area contributed by atoms with E-state index in [4.69, 9.17) is 16.7 Å². The summed E-state index contributed by atoms with van der Waals surface area (Å²) in [7, 11) is 0. The molecule has 1 atom stereocenters. The van der Waals surface area contributed by atoms with Crippen LogP contribution in [0.25, 0.3) is 0 Å². The molecule has 1 aromatic heterocycles. The van der Waals surface area contributed by atoms with E-state index in [0.29, 0.717) is 10.8 Å². The van der Waals surface area contributed by atoms with Crippen LogP contribution in [0, 0.1) is 5.92 Å². The van der Waals surface area contributed by atoms with Crippen LogP contribution in [0.5, 0.6) is 0 Å². The van der Waals surface area contributed by atoms with Gasteiger partial charge in [-0.15, -0.1) is 11.3 Å². The smallest absolute Gasteiger partial charge is 0.403 e. The van der Waals surface area contributed by atoms with E-state index < -0.39 is 24.6 Å². The number of carbonyl (C=O) groups is 1. The van der Waals surface area contributed by atoms with Crippen molar-refractivity contribution in [2.45, 2.75) is 12.6 Å². The third-order valence-corrected chi connectivity index (χ3v) is 3.51. The van der Waals surface area contributed by atoms with Crippen LogP contribution in [0.4, 0.5) is 13.2 Å². The largest absolute Gasteiger partial charge is 0.481 e. The fraction of sp³-hybridized carbons (Fsp3) is 0.500. The Morgan fingerprint density at radius 1 is 1.50 bits per heavy atom. The Bertz CT molecular complexity index is 408. The van der Waals surface area contributed by atoms with E-state index in [2.05, 4.69) is 5.32 Å². The van der Waals surface area contributed by atoms with E-state index in [1.807, 2.05) is 0 Å². The second-order valence-corrected chi connectivity index (χ2v) is 5.39. The number of hydrogen-bond donors (Lipinski definition) is 2. The van der Waals surface area contributed by atoms with Gasteiger partial charge in [0.15, 0.2) is 5.92 Å². The monoisotopic (exact) mass is 301 g/mol. The van der Waals surface area contributed by atoms with Gasteiger partial charge in [-0.1, -0.05) is 11.6 Å². The number of rotatable bonds is 6. The van der Waals surface area contributed by atoms with E-state index in [-0.39, 0.29) is 6.54 Å². The van der Waals surface area contributed by atoms with Gasteiger partial charge >= 0.3 is 12.1 Å². The molecule has 3 nitrogen and oxygen atoms in total. The molecule has 0 aliphatic rings. The first-order valence-corrected chi connectivity index (χ1v) is 6.24. The Balaban J connectivity index is 2.34. The lowest BCUT2D eigenvalue weighted by molar-refractivity contribution is -0.192. The standard InChI is InChI=1S/C10H11ClF3NO2S/c11-8-2-1-6(18-8)3-4-15-5-7(9(16)17)10(12,13)14/h1-2,7,15H,3-5H2,(H,16,17). The first-order chi connectivity index (χ1) is 8.30. The molecule has 0 aliphatic carbocycles. The van der Waals surface area contributed by atoms with Gasteiger partial charge in [0, 0.05) is 11.4 Å². The molecule has 0 aliphatic heterocycles. The second kappa shape index (κ2) is 6.40. The van der Waals surface area contributed by atoms with Gasteiger partial charge in [-0.3, -0.25) is 4.79 Å². The van der Waals surface area contributed by atoms with Crippen molar-refractivity contribution in [3.63, 3.8) is 0 Å². The third kappa shape index (κ3) is 4.83. The molecular formula is C10H11ClF3NO2S. The average Bonchev–Trinajstić information content (AvgIpc) is 2.61. The topological polar surface area (TPSA) is 49.3 Å². The van der Waals surface area contributed by atoms with Crippen molar-refractivity contribution < 1.29 is 23.1 Å². The quantitative estimate of drug-likeness (QED) is 0.794. The van der Waals surface area contributed by atoms with Gasteiger partial charge < -0.3 is 10.4 Å². The predicted molar refractivity (Wildman–Crippen MR) is 63.1 cm³/mol. The third-order valence-electron chi connectivity index (χ3n) is 2.22. The van der Waals surface area contributed by atoms with Gasteiger partial charge in [0.1, 0.15) is 0 Å². The van der Waals surface area contributed by atoms with Gasteiger partial charge in [0.05, 0.1) is 4.34 Å². The maximum atomic E-state index is 12.3. The zero-order valence-electron chi connectivity index (χ0n) is 9.13. The molecule has 0 amide bonds. The summed E-state index contributed by atoms with van der Waals surface area (Å²) in [5.41, 5.74) is 0. The number of thiophene rings is 1. The molecule has 0 bridgehead atoms. The predicted octanol–water partition coefficient (Wildman–Crippen LogP) is 2.80. The molecule has 0 aromatic carbocycles. The first kappa shape index (κ1) is 15.3. The number of nitrogens with one attached hydrogen (secondary N) is 1. The highest BCUT2D eigenvalue weighted by Gasteiger charge is 2.44. The van der Waals surface area contributed by atoms with Crippen molar-refractivity contribution >= 4 is 28.9 Å². The molecule has 1 aromatic rings. The number of carboxylic acids is 1. The van der Waals surface area contributed by atoms with Gasteiger partial charge in [0.25, 0.3) is 0 Å². The SMILES string of the molecule is O=C(O)C(CNCCc1ccc(Cl)s1)C(F)(F)F. The van der Waals surface area contributed by atoms with Crippen LogP contribution < -0.4 is 5.32 Å². The Morgan fingerprint density at radius 3 is 2.61 bits per heavy atom. The fourth-order valence-corrected chi connectivity index (χ4v) is 2.37. The first-order valence-electron chi connectivity index (χ1n) is 5.05. The summed E-state index contributed by atoms with van der Waals surface area (Å²) >= 11 is 7.04. The molecule has 1 unspecified atom stereocenters. The van der Waals surface area contributed by atoms with E-state index in [0.717, 1.165) is 4.88 Å². The Hall–Kier alpha value is -0.790. The molecule has 8 heteroatoms. The number of carboxylic acid groups (broad SMARTS) is 1. The lowest BCUT2D eigenvalue weighted by atomic mass is 10.1. The molecule has 0 saturated carbocycles. The van der Waals surface area contributed by atoms with Gasteiger partial charge in [-0.2, -0.15) is 13.2 Å². The molecule has 102 valence electrons. The highest BCUT2D eigenvalue weighted by molar-refractivity contribution is 7.16. The van der Waals surface area contributed by atoms with E-state index in [1.54, 1.807) is 12.1 Å². The lowest BCUT2D eigenvalue weighted by Crippen LogP contribution is -2.39. The van der Waals surface area contributed by atoms with Crippen LogP contribution in [-0.2, 0) is 11.2 Å². The van der Waals surface area contributed by atoms with Crippen LogP contribution >= 0.6 is 22.9 Å². The van der Waals surface area contributed by atoms with Crippen LogP contribution in [0.2, 0.25) is 4.34 Å². The summed E-state index contributed by atoms with van der Waals surface area (Å²) in [6.07, 6.45) is -4.22. The molecule has 1 rings (SSSR count). The summed E-state index contributed by atoms with van der Waals surface area (Å²) in [5.74, 6) is -4.24. The van der Waals surface area contributed by atoms with Crippen molar-refractivity contribution in [1.82, 2.24) is 5.32 Å². The van der Waals surface area contributed by atoms with Gasteiger partial charge in [-0.25, -0.2) is 0 Å². The van der Waals surface area contributed by atoms with Crippen LogP contribution in [-0.4, -0.2) is 30.3 Å². The molecule has 0 spiro atoms. The molecule has 0 saturated heterocycles. The Morgan fingerprint density at radius 2 is 2.17 bits per heavy atom. The lowest BCUT2D eigenvalue weighted by Gasteiger charge is -2.16. The molecular weight excluding hydrogens is 291 g/mol. The van der Waals surface area contributed by atoms with Crippen molar-refractivity contribution in [2.24, 2.45) is 5.92 Å². The highest BCUT2D eigenvalue weighted by Crippen LogP contribution is 2.26. The minimum absolute atomic E-state index is 0.275. The Kier molecular flexibility index (Phi) is 5.43. The fourth-order valence-electron chi connectivity index (χ4n) is 1.29. The zero-order valence-corrected chi connectivity index (χ0v) is 10.7. The van der Waals surface area contributed by atoms with Crippen molar-refractivity contribution in [1.29, 1.82) is 0 Å². The van der Waals surface area contributed by atoms with E-state index in [1.165, 1.54) is 11.3 Å². The number of hydrogen-bond acceptors (Lipinski definition) is 3.